The molecule has 0 bridgehead atoms. The molecule has 0 aliphatic carbocycles. The van der Waals surface area contributed by atoms with Gasteiger partial charge in [0, 0.05) is 64.8 Å². The van der Waals surface area contributed by atoms with Crippen LogP contribution in [-0.2, 0) is 14.3 Å². The number of carbonyl (C=O) groups is 3. The van der Waals surface area contributed by atoms with Crippen LogP contribution in [0.1, 0.15) is 29.6 Å². The van der Waals surface area contributed by atoms with E-state index in [0.29, 0.717) is 76.2 Å². The first kappa shape index (κ1) is 23.0. The summed E-state index contributed by atoms with van der Waals surface area (Å²) in [4.78, 5) is 40.8. The number of amides is 2. The van der Waals surface area contributed by atoms with Crippen LogP contribution in [0, 0.1) is 0 Å². The SMILES string of the molecule is COCCCNC(=O)CN1CCN(C(=O)CCC(=O)c2ccc3c(c2)OCCO3)CC1. The fourth-order valence-electron chi connectivity index (χ4n) is 3.60. The number of nitrogens with one attached hydrogen (secondary N) is 1. The molecule has 1 aromatic rings. The molecule has 0 radical (unpaired) electrons. The van der Waals surface area contributed by atoms with Crippen molar-refractivity contribution in [2.75, 3.05) is 66.2 Å². The molecule has 0 unspecified atom stereocenters. The number of Topliss-reactive ketones (excluding diaryl/α,β-unsaturated/α-hetero) is 1. The van der Waals surface area contributed by atoms with Crippen molar-refractivity contribution < 1.29 is 28.6 Å². The van der Waals surface area contributed by atoms with E-state index in [1.54, 1.807) is 30.2 Å². The molecular weight excluding hydrogens is 402 g/mol. The Morgan fingerprint density at radius 2 is 1.77 bits per heavy atom. The lowest BCUT2D eigenvalue weighted by Crippen LogP contribution is -2.51. The van der Waals surface area contributed by atoms with Crippen LogP contribution in [0.25, 0.3) is 0 Å². The maximum Gasteiger partial charge on any atom is 0.234 e. The van der Waals surface area contributed by atoms with Crippen LogP contribution in [0.5, 0.6) is 11.5 Å². The summed E-state index contributed by atoms with van der Waals surface area (Å²) >= 11 is 0. The molecule has 2 aliphatic rings. The van der Waals surface area contributed by atoms with E-state index in [-0.39, 0.29) is 30.4 Å². The van der Waals surface area contributed by atoms with Crippen LogP contribution in [0.15, 0.2) is 18.2 Å². The summed E-state index contributed by atoms with van der Waals surface area (Å²) in [5.41, 5.74) is 0.526. The predicted molar refractivity (Wildman–Crippen MR) is 114 cm³/mol. The van der Waals surface area contributed by atoms with Crippen LogP contribution in [-0.4, -0.2) is 93.6 Å². The molecule has 1 fully saturated rings. The van der Waals surface area contributed by atoms with Gasteiger partial charge < -0.3 is 24.4 Å². The minimum atomic E-state index is -0.0888. The number of ether oxygens (including phenoxy) is 3. The van der Waals surface area contributed by atoms with Gasteiger partial charge in [0.05, 0.1) is 6.54 Å². The number of fused-ring (bicyclic) bond motifs is 1. The average Bonchev–Trinajstić information content (AvgIpc) is 2.80. The first-order valence-corrected chi connectivity index (χ1v) is 10.8. The van der Waals surface area contributed by atoms with Crippen molar-refractivity contribution in [3.05, 3.63) is 23.8 Å². The summed E-state index contributed by atoms with van der Waals surface area (Å²) in [7, 11) is 1.64. The molecule has 9 heteroatoms. The van der Waals surface area contributed by atoms with Crippen LogP contribution >= 0.6 is 0 Å². The van der Waals surface area contributed by atoms with E-state index in [9.17, 15) is 14.4 Å². The second-order valence-corrected chi connectivity index (χ2v) is 7.63. The van der Waals surface area contributed by atoms with Gasteiger partial charge in [0.15, 0.2) is 17.3 Å². The Bertz CT molecular complexity index is 777. The van der Waals surface area contributed by atoms with E-state index < -0.39 is 0 Å². The zero-order chi connectivity index (χ0) is 22.1. The molecule has 3 rings (SSSR count). The molecule has 0 aromatic heterocycles. The topological polar surface area (TPSA) is 97.4 Å². The molecule has 2 heterocycles. The molecule has 1 saturated heterocycles. The molecule has 0 atom stereocenters. The van der Waals surface area contributed by atoms with Gasteiger partial charge in [-0.05, 0) is 24.6 Å². The minimum absolute atomic E-state index is 0.0131. The molecule has 9 nitrogen and oxygen atoms in total. The van der Waals surface area contributed by atoms with Crippen molar-refractivity contribution >= 4 is 17.6 Å². The van der Waals surface area contributed by atoms with E-state index in [0.717, 1.165) is 6.42 Å². The van der Waals surface area contributed by atoms with E-state index in [4.69, 9.17) is 14.2 Å². The van der Waals surface area contributed by atoms with Gasteiger partial charge in [-0.2, -0.15) is 0 Å². The van der Waals surface area contributed by atoms with Gasteiger partial charge in [-0.3, -0.25) is 19.3 Å². The largest absolute Gasteiger partial charge is 0.486 e. The Morgan fingerprint density at radius 1 is 1.03 bits per heavy atom. The lowest BCUT2D eigenvalue weighted by molar-refractivity contribution is -0.133. The van der Waals surface area contributed by atoms with Crippen LogP contribution < -0.4 is 14.8 Å². The van der Waals surface area contributed by atoms with Gasteiger partial charge >= 0.3 is 0 Å². The summed E-state index contributed by atoms with van der Waals surface area (Å²) in [5, 5.41) is 2.87. The maximum absolute atomic E-state index is 12.5. The quantitative estimate of drug-likeness (QED) is 0.429. The molecule has 0 spiro atoms. The first-order valence-electron chi connectivity index (χ1n) is 10.8. The zero-order valence-electron chi connectivity index (χ0n) is 18.1. The Hall–Kier alpha value is -2.65. The van der Waals surface area contributed by atoms with Gasteiger partial charge in [-0.15, -0.1) is 0 Å². The smallest absolute Gasteiger partial charge is 0.234 e. The molecule has 2 amide bonds. The molecule has 31 heavy (non-hydrogen) atoms. The van der Waals surface area contributed by atoms with Crippen LogP contribution in [0.2, 0.25) is 0 Å². The summed E-state index contributed by atoms with van der Waals surface area (Å²) in [6.07, 6.45) is 1.12. The number of nitrogens with zero attached hydrogens (tertiary/aromatic N) is 2. The first-order chi connectivity index (χ1) is 15.1. The monoisotopic (exact) mass is 433 g/mol. The predicted octanol–water partition coefficient (Wildman–Crippen LogP) is 0.718. The number of benzene rings is 1. The summed E-state index contributed by atoms with van der Waals surface area (Å²) in [6.45, 7) is 4.94. The number of piperazine rings is 1. The number of carbonyl (C=O) groups excluding carboxylic acids is 3. The Balaban J connectivity index is 1.36. The number of methoxy groups -OCH3 is 1. The number of hydrogen-bond donors (Lipinski definition) is 1. The number of hydrogen-bond acceptors (Lipinski definition) is 7. The molecule has 1 N–H and O–H groups in total. The lowest BCUT2D eigenvalue weighted by Gasteiger charge is -2.34. The molecule has 170 valence electrons. The van der Waals surface area contributed by atoms with Gasteiger partial charge in [-0.25, -0.2) is 0 Å². The Labute approximate surface area is 182 Å². The molecule has 1 aromatic carbocycles. The average molecular weight is 434 g/mol. The van der Waals surface area contributed by atoms with Crippen molar-refractivity contribution in [2.45, 2.75) is 19.3 Å². The zero-order valence-corrected chi connectivity index (χ0v) is 18.1. The minimum Gasteiger partial charge on any atom is -0.486 e. The van der Waals surface area contributed by atoms with Crippen molar-refractivity contribution in [1.29, 1.82) is 0 Å². The molecule has 2 aliphatic heterocycles. The highest BCUT2D eigenvalue weighted by Gasteiger charge is 2.23. The normalized spacial score (nSPS) is 16.1. The van der Waals surface area contributed by atoms with Crippen LogP contribution in [0.3, 0.4) is 0 Å². The van der Waals surface area contributed by atoms with Gasteiger partial charge in [-0.1, -0.05) is 0 Å². The van der Waals surface area contributed by atoms with Gasteiger partial charge in [0.1, 0.15) is 13.2 Å². The van der Waals surface area contributed by atoms with Crippen LogP contribution in [0.4, 0.5) is 0 Å². The van der Waals surface area contributed by atoms with Gasteiger partial charge in [0.2, 0.25) is 11.8 Å². The third-order valence-electron chi connectivity index (χ3n) is 5.37. The molecule has 0 saturated carbocycles. The third kappa shape index (κ3) is 6.93. The Morgan fingerprint density at radius 3 is 2.52 bits per heavy atom. The Kier molecular flexibility index (Phi) is 8.66. The van der Waals surface area contributed by atoms with Gasteiger partial charge in [0.25, 0.3) is 0 Å². The van der Waals surface area contributed by atoms with E-state index in [1.807, 2.05) is 4.90 Å². The summed E-state index contributed by atoms with van der Waals surface area (Å²) in [5.74, 6) is 1.08. The lowest BCUT2D eigenvalue weighted by atomic mass is 10.1. The van der Waals surface area contributed by atoms with Crippen molar-refractivity contribution in [1.82, 2.24) is 15.1 Å². The second-order valence-electron chi connectivity index (χ2n) is 7.63. The van der Waals surface area contributed by atoms with Crippen molar-refractivity contribution in [2.24, 2.45) is 0 Å². The van der Waals surface area contributed by atoms with Crippen molar-refractivity contribution in [3.63, 3.8) is 0 Å². The van der Waals surface area contributed by atoms with E-state index >= 15 is 0 Å². The maximum atomic E-state index is 12.5. The number of ketones is 1. The summed E-state index contributed by atoms with van der Waals surface area (Å²) < 4.78 is 15.9. The fraction of sp³-hybridized carbons (Fsp3) is 0.591. The van der Waals surface area contributed by atoms with Crippen molar-refractivity contribution in [3.8, 4) is 11.5 Å². The molecular formula is C22H31N3O6. The van der Waals surface area contributed by atoms with E-state index in [1.165, 1.54) is 0 Å². The highest BCUT2D eigenvalue weighted by molar-refractivity contribution is 5.98. The highest BCUT2D eigenvalue weighted by atomic mass is 16.6. The second kappa shape index (κ2) is 11.7. The standard InChI is InChI=1S/C22H31N3O6/c1-29-12-2-7-23-21(27)16-24-8-10-25(11-9-24)22(28)6-4-18(26)17-3-5-19-20(15-17)31-14-13-30-19/h3,5,15H,2,4,6-14,16H2,1H3,(H,23,27). The van der Waals surface area contributed by atoms with E-state index in [2.05, 4.69) is 5.32 Å². The summed E-state index contributed by atoms with van der Waals surface area (Å²) in [6, 6.07) is 5.12. The third-order valence-corrected chi connectivity index (χ3v) is 5.37. The fourth-order valence-corrected chi connectivity index (χ4v) is 3.60. The number of rotatable bonds is 10. The highest BCUT2D eigenvalue weighted by Crippen LogP contribution is 2.31.